The minimum absolute atomic E-state index is 0.0380. The molecule has 0 saturated heterocycles. The molecule has 2 aromatic rings. The first-order valence-electron chi connectivity index (χ1n) is 6.48. The van der Waals surface area contributed by atoms with E-state index in [4.69, 9.17) is 4.52 Å². The summed E-state index contributed by atoms with van der Waals surface area (Å²) < 4.78 is 65.9. The molecule has 0 aliphatic carbocycles. The van der Waals surface area contributed by atoms with Gasteiger partial charge in [-0.1, -0.05) is 5.16 Å². The number of amides is 1. The lowest BCUT2D eigenvalue weighted by Gasteiger charge is -2.10. The smallest absolute Gasteiger partial charge is 0.361 e. The van der Waals surface area contributed by atoms with Crippen molar-refractivity contribution in [1.82, 2.24) is 9.88 Å². The molecule has 0 unspecified atom stereocenters. The van der Waals surface area contributed by atoms with Crippen LogP contribution in [0.3, 0.4) is 0 Å². The molecule has 1 aromatic carbocycles. The highest BCUT2D eigenvalue weighted by atomic mass is 32.2. The molecule has 0 fully saturated rings. The quantitative estimate of drug-likeness (QED) is 0.847. The third kappa shape index (κ3) is 4.80. The number of sulfonamides is 1. The lowest BCUT2D eigenvalue weighted by Crippen LogP contribution is -2.33. The average Bonchev–Trinajstić information content (AvgIpc) is 2.92. The largest absolute Gasteiger partial charge is 0.402 e. The van der Waals surface area contributed by atoms with Crippen molar-refractivity contribution < 1.29 is 30.9 Å². The van der Waals surface area contributed by atoms with Crippen LogP contribution in [-0.2, 0) is 10.0 Å². The van der Waals surface area contributed by atoms with Gasteiger partial charge in [0.25, 0.3) is 5.91 Å². The summed E-state index contributed by atoms with van der Waals surface area (Å²) in [7, 11) is -4.30. The summed E-state index contributed by atoms with van der Waals surface area (Å²) >= 11 is 0. The van der Waals surface area contributed by atoms with Gasteiger partial charge in [-0.15, -0.1) is 0 Å². The maximum absolute atomic E-state index is 12.1. The van der Waals surface area contributed by atoms with E-state index in [-0.39, 0.29) is 16.3 Å². The Morgan fingerprint density at radius 1 is 1.25 bits per heavy atom. The molecule has 0 aliphatic rings. The number of anilines is 1. The fourth-order valence-corrected chi connectivity index (χ4v) is 2.66. The number of nitrogens with zero attached hydrogens (tertiary/aromatic N) is 1. The summed E-state index contributed by atoms with van der Waals surface area (Å²) in [5.41, 5.74) is 0.284. The van der Waals surface area contributed by atoms with Crippen LogP contribution in [0.15, 0.2) is 39.8 Å². The number of aryl methyl sites for hydroxylation is 1. The summed E-state index contributed by atoms with van der Waals surface area (Å²) in [5.74, 6) is -0.130. The third-order valence-corrected chi connectivity index (χ3v) is 4.16. The molecule has 1 amide bonds. The first-order chi connectivity index (χ1) is 11.1. The van der Waals surface area contributed by atoms with Crippen LogP contribution in [0.1, 0.15) is 16.2 Å². The van der Waals surface area contributed by atoms with Crippen molar-refractivity contribution in [3.05, 3.63) is 41.8 Å². The maximum Gasteiger partial charge on any atom is 0.402 e. The first kappa shape index (κ1) is 17.9. The first-order valence-corrected chi connectivity index (χ1v) is 7.96. The van der Waals surface area contributed by atoms with E-state index in [0.29, 0.717) is 5.76 Å². The van der Waals surface area contributed by atoms with Crippen molar-refractivity contribution in [2.24, 2.45) is 0 Å². The highest BCUT2D eigenvalue weighted by molar-refractivity contribution is 7.89. The molecule has 0 spiro atoms. The highest BCUT2D eigenvalue weighted by Crippen LogP contribution is 2.17. The number of hydrogen-bond donors (Lipinski definition) is 2. The predicted molar refractivity (Wildman–Crippen MR) is 76.9 cm³/mol. The Labute approximate surface area is 134 Å². The number of carbonyl (C=O) groups is 1. The summed E-state index contributed by atoms with van der Waals surface area (Å²) in [6, 6.07) is 6.04. The summed E-state index contributed by atoms with van der Waals surface area (Å²) in [6.45, 7) is -0.0588. The van der Waals surface area contributed by atoms with Crippen molar-refractivity contribution in [3.8, 4) is 0 Å². The molecule has 0 bridgehead atoms. The monoisotopic (exact) mass is 363 g/mol. The Kier molecular flexibility index (Phi) is 4.94. The molecular weight excluding hydrogens is 351 g/mol. The van der Waals surface area contributed by atoms with E-state index in [1.165, 1.54) is 22.9 Å². The van der Waals surface area contributed by atoms with Gasteiger partial charge in [-0.3, -0.25) is 4.79 Å². The second-order valence-corrected chi connectivity index (χ2v) is 6.51. The van der Waals surface area contributed by atoms with Gasteiger partial charge in [0.05, 0.1) is 4.90 Å². The molecule has 7 nitrogen and oxygen atoms in total. The van der Waals surface area contributed by atoms with Crippen LogP contribution in [0.2, 0.25) is 0 Å². The zero-order valence-corrected chi connectivity index (χ0v) is 13.0. The van der Waals surface area contributed by atoms with Gasteiger partial charge in [0.15, 0.2) is 5.69 Å². The van der Waals surface area contributed by atoms with Crippen LogP contribution in [0.25, 0.3) is 0 Å². The van der Waals surface area contributed by atoms with Gasteiger partial charge in [-0.05, 0) is 31.2 Å². The fraction of sp³-hybridized carbons (Fsp3) is 0.231. The number of rotatable bonds is 5. The number of aromatic nitrogens is 1. The summed E-state index contributed by atoms with van der Waals surface area (Å²) in [6.07, 6.45) is -4.66. The molecule has 1 aromatic heterocycles. The number of alkyl halides is 3. The zero-order chi connectivity index (χ0) is 18.0. The van der Waals surface area contributed by atoms with E-state index in [0.717, 1.165) is 12.1 Å². The van der Waals surface area contributed by atoms with Crippen LogP contribution in [0.4, 0.5) is 18.9 Å². The van der Waals surface area contributed by atoms with E-state index in [9.17, 15) is 26.4 Å². The highest BCUT2D eigenvalue weighted by Gasteiger charge is 2.30. The molecule has 2 rings (SSSR count). The molecule has 2 N–H and O–H groups in total. The van der Waals surface area contributed by atoms with Gasteiger partial charge in [0.2, 0.25) is 10.0 Å². The normalized spacial score (nSPS) is 12.2. The van der Waals surface area contributed by atoms with E-state index >= 15 is 0 Å². The Morgan fingerprint density at radius 2 is 1.88 bits per heavy atom. The minimum Gasteiger partial charge on any atom is -0.361 e. The van der Waals surface area contributed by atoms with Crippen molar-refractivity contribution in [1.29, 1.82) is 0 Å². The third-order valence-electron chi connectivity index (χ3n) is 2.75. The molecular formula is C13H12F3N3O4S. The number of hydrogen-bond acceptors (Lipinski definition) is 5. The molecule has 1 heterocycles. The SMILES string of the molecule is Cc1cc(C(=O)Nc2ccc(S(=O)(=O)NCC(F)(F)F)cc2)no1. The standard InChI is InChI=1S/C13H12F3N3O4S/c1-8-6-11(19-23-8)12(20)18-9-2-4-10(5-3-9)24(21,22)17-7-13(14,15)16/h2-6,17H,7H2,1H3,(H,18,20). The molecule has 11 heteroatoms. The van der Waals surface area contributed by atoms with Gasteiger partial charge in [-0.2, -0.15) is 13.2 Å². The van der Waals surface area contributed by atoms with E-state index in [1.807, 2.05) is 0 Å². The fourth-order valence-electron chi connectivity index (χ4n) is 1.65. The van der Waals surface area contributed by atoms with E-state index in [2.05, 4.69) is 10.5 Å². The summed E-state index contributed by atoms with van der Waals surface area (Å²) in [5, 5.41) is 5.97. The molecule has 0 saturated carbocycles. The van der Waals surface area contributed by atoms with Gasteiger partial charge in [-0.25, -0.2) is 13.1 Å². The minimum atomic E-state index is -4.66. The van der Waals surface area contributed by atoms with Crippen LogP contribution in [0.5, 0.6) is 0 Å². The lowest BCUT2D eigenvalue weighted by atomic mass is 10.3. The van der Waals surface area contributed by atoms with Gasteiger partial charge < -0.3 is 9.84 Å². The van der Waals surface area contributed by atoms with Crippen molar-refractivity contribution in [2.45, 2.75) is 18.0 Å². The topological polar surface area (TPSA) is 101 Å². The Bertz CT molecular complexity index is 829. The molecule has 0 atom stereocenters. The van der Waals surface area contributed by atoms with Crippen LogP contribution in [0, 0.1) is 6.92 Å². The number of carbonyl (C=O) groups excluding carboxylic acids is 1. The number of benzene rings is 1. The Hall–Kier alpha value is -2.40. The second kappa shape index (κ2) is 6.61. The second-order valence-electron chi connectivity index (χ2n) is 4.74. The molecule has 0 aliphatic heterocycles. The van der Waals surface area contributed by atoms with Gasteiger partial charge in [0.1, 0.15) is 12.3 Å². The summed E-state index contributed by atoms with van der Waals surface area (Å²) in [4.78, 5) is 11.5. The van der Waals surface area contributed by atoms with Crippen molar-refractivity contribution in [3.63, 3.8) is 0 Å². The van der Waals surface area contributed by atoms with Gasteiger partial charge in [0, 0.05) is 11.8 Å². The number of nitrogens with one attached hydrogen (secondary N) is 2. The molecule has 130 valence electrons. The van der Waals surface area contributed by atoms with E-state index in [1.54, 1.807) is 6.92 Å². The van der Waals surface area contributed by atoms with Crippen molar-refractivity contribution in [2.75, 3.05) is 11.9 Å². The van der Waals surface area contributed by atoms with Crippen LogP contribution in [-0.4, -0.2) is 32.2 Å². The molecule has 24 heavy (non-hydrogen) atoms. The van der Waals surface area contributed by atoms with Crippen molar-refractivity contribution >= 4 is 21.6 Å². The predicted octanol–water partition coefficient (Wildman–Crippen LogP) is 2.08. The van der Waals surface area contributed by atoms with Crippen LogP contribution < -0.4 is 10.0 Å². The Morgan fingerprint density at radius 3 is 2.38 bits per heavy atom. The molecule has 0 radical (unpaired) electrons. The average molecular weight is 363 g/mol. The maximum atomic E-state index is 12.1. The van der Waals surface area contributed by atoms with E-state index < -0.39 is 28.7 Å². The zero-order valence-electron chi connectivity index (χ0n) is 12.2. The lowest BCUT2D eigenvalue weighted by molar-refractivity contribution is -0.121. The van der Waals surface area contributed by atoms with Gasteiger partial charge >= 0.3 is 6.18 Å². The number of halogens is 3. The van der Waals surface area contributed by atoms with Crippen LogP contribution >= 0.6 is 0 Å². The Balaban J connectivity index is 2.06.